The Morgan fingerprint density at radius 2 is 1.87 bits per heavy atom. The third kappa shape index (κ3) is 1.79. The first-order valence-corrected chi connectivity index (χ1v) is 5.13. The molecule has 0 fully saturated rings. The van der Waals surface area contributed by atoms with Crippen molar-refractivity contribution >= 4 is 5.65 Å². The van der Waals surface area contributed by atoms with Gasteiger partial charge in [-0.2, -0.15) is 0 Å². The summed E-state index contributed by atoms with van der Waals surface area (Å²) in [7, 11) is 1.66. The van der Waals surface area contributed by atoms with E-state index < -0.39 is 0 Å². The van der Waals surface area contributed by atoms with Gasteiger partial charge in [0.05, 0.1) is 0 Å². The van der Waals surface area contributed by atoms with E-state index in [-0.39, 0.29) is 5.69 Å². The lowest BCUT2D eigenvalue weighted by Crippen LogP contribution is -2.17. The number of hydrogen-bond donors (Lipinski definition) is 0. The van der Waals surface area contributed by atoms with Gasteiger partial charge in [0.2, 0.25) is 0 Å². The minimum absolute atomic E-state index is 0.0990. The molecule has 0 spiro atoms. The van der Waals surface area contributed by atoms with Crippen LogP contribution in [0.4, 0.5) is 0 Å². The third-order valence-electron chi connectivity index (χ3n) is 2.36. The molecule has 0 aliphatic heterocycles. The molecule has 2 rings (SSSR count). The second-order valence-corrected chi connectivity index (χ2v) is 3.22. The first-order chi connectivity index (χ1) is 7.11. The van der Waals surface area contributed by atoms with Crippen LogP contribution in [0.3, 0.4) is 0 Å². The standard InChI is InChI=1S/C9H11N3O.C2H6/c1-6-4-5-12-8(7(6)2)10-11(3)9(12)13;1-2/h4-5H,1-3H3;1-2H3. The van der Waals surface area contributed by atoms with Gasteiger partial charge in [-0.3, -0.25) is 4.40 Å². The second kappa shape index (κ2) is 4.29. The summed E-state index contributed by atoms with van der Waals surface area (Å²) in [6.07, 6.45) is 1.76. The van der Waals surface area contributed by atoms with Crippen molar-refractivity contribution in [3.63, 3.8) is 0 Å². The number of nitrogens with zero attached hydrogens (tertiary/aromatic N) is 3. The van der Waals surface area contributed by atoms with E-state index in [1.54, 1.807) is 17.6 Å². The van der Waals surface area contributed by atoms with E-state index in [1.165, 1.54) is 4.68 Å². The number of fused-ring (bicyclic) bond motifs is 1. The number of hydrogen-bond acceptors (Lipinski definition) is 2. The molecule has 2 heterocycles. The van der Waals surface area contributed by atoms with Crippen LogP contribution >= 0.6 is 0 Å². The SMILES string of the molecule is CC.Cc1ccn2c(=O)n(C)nc2c1C. The lowest BCUT2D eigenvalue weighted by Gasteiger charge is -1.98. The number of pyridine rings is 1. The zero-order valence-electron chi connectivity index (χ0n) is 9.90. The molecule has 4 nitrogen and oxygen atoms in total. The third-order valence-corrected chi connectivity index (χ3v) is 2.36. The minimum atomic E-state index is -0.0990. The van der Waals surface area contributed by atoms with Crippen LogP contribution in [0.25, 0.3) is 5.65 Å². The normalized spacial score (nSPS) is 9.93. The van der Waals surface area contributed by atoms with Gasteiger partial charge < -0.3 is 0 Å². The average molecular weight is 207 g/mol. The summed E-state index contributed by atoms with van der Waals surface area (Å²) in [6, 6.07) is 1.92. The maximum atomic E-state index is 11.5. The molecule has 15 heavy (non-hydrogen) atoms. The molecule has 0 radical (unpaired) electrons. The average Bonchev–Trinajstić information content (AvgIpc) is 2.54. The van der Waals surface area contributed by atoms with Crippen LogP contribution in [-0.4, -0.2) is 14.2 Å². The smallest absolute Gasteiger partial charge is 0.250 e. The Bertz CT molecular complexity index is 522. The Hall–Kier alpha value is -1.58. The van der Waals surface area contributed by atoms with Gasteiger partial charge in [-0.1, -0.05) is 13.8 Å². The van der Waals surface area contributed by atoms with E-state index in [4.69, 9.17) is 0 Å². The van der Waals surface area contributed by atoms with E-state index in [2.05, 4.69) is 5.10 Å². The summed E-state index contributed by atoms with van der Waals surface area (Å²) in [4.78, 5) is 11.5. The summed E-state index contributed by atoms with van der Waals surface area (Å²) in [6.45, 7) is 7.98. The van der Waals surface area contributed by atoms with Gasteiger partial charge in [0.15, 0.2) is 5.65 Å². The molecule has 0 aliphatic rings. The Labute approximate surface area is 89.2 Å². The molecular formula is C11H17N3O. The number of aromatic nitrogens is 3. The molecule has 0 aromatic carbocycles. The van der Waals surface area contributed by atoms with Crippen LogP contribution in [-0.2, 0) is 7.05 Å². The van der Waals surface area contributed by atoms with Crippen molar-refractivity contribution in [2.75, 3.05) is 0 Å². The lowest BCUT2D eigenvalue weighted by atomic mass is 10.2. The second-order valence-electron chi connectivity index (χ2n) is 3.22. The Balaban J connectivity index is 0.000000531. The van der Waals surface area contributed by atoms with Crippen LogP contribution < -0.4 is 5.69 Å². The van der Waals surface area contributed by atoms with Crippen molar-refractivity contribution in [3.8, 4) is 0 Å². The Kier molecular flexibility index (Phi) is 3.29. The van der Waals surface area contributed by atoms with Crippen LogP contribution in [0.5, 0.6) is 0 Å². The van der Waals surface area contributed by atoms with Gasteiger partial charge in [-0.25, -0.2) is 9.48 Å². The molecule has 0 N–H and O–H groups in total. The molecule has 2 aromatic heterocycles. The monoisotopic (exact) mass is 207 g/mol. The van der Waals surface area contributed by atoms with Crippen molar-refractivity contribution in [2.45, 2.75) is 27.7 Å². The molecule has 0 saturated carbocycles. The van der Waals surface area contributed by atoms with Crippen molar-refractivity contribution in [3.05, 3.63) is 33.9 Å². The fourth-order valence-electron chi connectivity index (χ4n) is 1.36. The predicted octanol–water partition coefficient (Wildman–Crippen LogP) is 1.68. The maximum Gasteiger partial charge on any atom is 0.350 e. The van der Waals surface area contributed by atoms with E-state index in [0.29, 0.717) is 0 Å². The molecule has 0 atom stereocenters. The molecule has 2 aromatic rings. The summed E-state index contributed by atoms with van der Waals surface area (Å²) in [5, 5.41) is 4.14. The lowest BCUT2D eigenvalue weighted by molar-refractivity contribution is 0.732. The predicted molar refractivity (Wildman–Crippen MR) is 61.3 cm³/mol. The molecule has 0 bridgehead atoms. The van der Waals surface area contributed by atoms with Gasteiger partial charge in [0.25, 0.3) is 0 Å². The van der Waals surface area contributed by atoms with E-state index in [9.17, 15) is 4.79 Å². The van der Waals surface area contributed by atoms with Crippen LogP contribution in [0.1, 0.15) is 25.0 Å². The van der Waals surface area contributed by atoms with Crippen LogP contribution in [0, 0.1) is 13.8 Å². The summed E-state index contributed by atoms with van der Waals surface area (Å²) in [5.41, 5.74) is 2.85. The fourth-order valence-corrected chi connectivity index (χ4v) is 1.36. The van der Waals surface area contributed by atoms with E-state index >= 15 is 0 Å². The molecule has 0 unspecified atom stereocenters. The molecular weight excluding hydrogens is 190 g/mol. The minimum Gasteiger partial charge on any atom is -0.250 e. The van der Waals surface area contributed by atoms with Crippen molar-refractivity contribution in [2.24, 2.45) is 7.05 Å². The Morgan fingerprint density at radius 1 is 1.27 bits per heavy atom. The van der Waals surface area contributed by atoms with E-state index in [0.717, 1.165) is 16.8 Å². The number of rotatable bonds is 0. The van der Waals surface area contributed by atoms with Gasteiger partial charge >= 0.3 is 5.69 Å². The molecule has 4 heteroatoms. The van der Waals surface area contributed by atoms with E-state index in [1.807, 2.05) is 33.8 Å². The topological polar surface area (TPSA) is 39.3 Å². The maximum absolute atomic E-state index is 11.5. The zero-order valence-corrected chi connectivity index (χ0v) is 9.90. The molecule has 82 valence electrons. The zero-order chi connectivity index (χ0) is 11.6. The Morgan fingerprint density at radius 3 is 2.47 bits per heavy atom. The molecule has 0 aliphatic carbocycles. The highest BCUT2D eigenvalue weighted by atomic mass is 16.2. The van der Waals surface area contributed by atoms with Crippen LogP contribution in [0.15, 0.2) is 17.1 Å². The first kappa shape index (κ1) is 11.5. The van der Waals surface area contributed by atoms with Gasteiger partial charge in [0.1, 0.15) is 0 Å². The first-order valence-electron chi connectivity index (χ1n) is 5.13. The molecule has 0 saturated heterocycles. The van der Waals surface area contributed by atoms with Crippen LogP contribution in [0.2, 0.25) is 0 Å². The summed E-state index contributed by atoms with van der Waals surface area (Å²) < 4.78 is 2.91. The van der Waals surface area contributed by atoms with Gasteiger partial charge in [-0.15, -0.1) is 5.10 Å². The highest BCUT2D eigenvalue weighted by Crippen LogP contribution is 2.09. The van der Waals surface area contributed by atoms with Gasteiger partial charge in [0, 0.05) is 13.2 Å². The fraction of sp³-hybridized carbons (Fsp3) is 0.455. The highest BCUT2D eigenvalue weighted by molar-refractivity contribution is 5.49. The number of aryl methyl sites for hydroxylation is 3. The largest absolute Gasteiger partial charge is 0.350 e. The van der Waals surface area contributed by atoms with Gasteiger partial charge in [-0.05, 0) is 31.0 Å². The highest BCUT2D eigenvalue weighted by Gasteiger charge is 2.06. The van der Waals surface area contributed by atoms with Crippen molar-refractivity contribution in [1.82, 2.24) is 14.2 Å². The molecule has 0 amide bonds. The van der Waals surface area contributed by atoms with Crippen molar-refractivity contribution in [1.29, 1.82) is 0 Å². The quantitative estimate of drug-likeness (QED) is 0.659. The summed E-state index contributed by atoms with van der Waals surface area (Å²) in [5.74, 6) is 0. The van der Waals surface area contributed by atoms with Crippen molar-refractivity contribution < 1.29 is 0 Å². The summed E-state index contributed by atoms with van der Waals surface area (Å²) >= 11 is 0.